The summed E-state index contributed by atoms with van der Waals surface area (Å²) in [6, 6.07) is 0.367. The Kier molecular flexibility index (Phi) is 3.97. The average molecular weight is 251 g/mol. The molecule has 0 atom stereocenters. The fourth-order valence-electron chi connectivity index (χ4n) is 2.16. The molecule has 0 amide bonds. The smallest absolute Gasteiger partial charge is 0.0676 e. The molecule has 0 aromatic carbocycles. The van der Waals surface area contributed by atoms with Crippen LogP contribution in [0.5, 0.6) is 0 Å². The Bertz CT molecular complexity index is 445. The molecule has 0 radical (unpaired) electrons. The fraction of sp³-hybridized carbons (Fsp3) is 0.727. The maximum absolute atomic E-state index is 8.34. The molecule has 6 heteroatoms. The molecular weight excluding hydrogens is 234 g/mol. The van der Waals surface area contributed by atoms with Gasteiger partial charge in [-0.3, -0.25) is 4.68 Å². The molecule has 0 bridgehead atoms. The van der Waals surface area contributed by atoms with Crippen molar-refractivity contribution in [1.82, 2.24) is 9.78 Å². The maximum Gasteiger partial charge on any atom is 0.0676 e. The van der Waals surface area contributed by atoms with E-state index in [4.69, 9.17) is 10.6 Å². The van der Waals surface area contributed by atoms with Gasteiger partial charge in [-0.25, -0.2) is 0 Å². The Morgan fingerprint density at radius 2 is 2.41 bits per heavy atom. The second-order valence-electron chi connectivity index (χ2n) is 4.42. The van der Waals surface area contributed by atoms with Gasteiger partial charge in [-0.15, -0.1) is 0 Å². The third kappa shape index (κ3) is 2.58. The Labute approximate surface area is 105 Å². The van der Waals surface area contributed by atoms with Gasteiger partial charge in [-0.2, -0.15) is 16.9 Å². The molecular formula is C11H17N5S. The molecule has 92 valence electrons. The zero-order chi connectivity index (χ0) is 12.3. The van der Waals surface area contributed by atoms with Crippen LogP contribution in [0.3, 0.4) is 0 Å². The van der Waals surface area contributed by atoms with Crippen LogP contribution in [-0.4, -0.2) is 22.1 Å². The highest BCUT2D eigenvalue weighted by atomic mass is 32.2. The zero-order valence-electron chi connectivity index (χ0n) is 10.3. The van der Waals surface area contributed by atoms with Crippen LogP contribution in [0, 0.1) is 0 Å². The summed E-state index contributed by atoms with van der Waals surface area (Å²) in [5, 5.41) is 8.33. The van der Waals surface area contributed by atoms with Gasteiger partial charge in [0.25, 0.3) is 0 Å². The molecule has 0 N–H and O–H groups in total. The first-order valence-corrected chi connectivity index (χ1v) is 7.07. The second kappa shape index (κ2) is 5.47. The zero-order valence-corrected chi connectivity index (χ0v) is 11.1. The number of hydrogen-bond donors (Lipinski definition) is 0. The largest absolute Gasteiger partial charge is 0.267 e. The predicted molar refractivity (Wildman–Crippen MR) is 70.2 cm³/mol. The molecule has 1 aromatic heterocycles. The van der Waals surface area contributed by atoms with Crippen LogP contribution in [-0.2, 0) is 18.6 Å². The van der Waals surface area contributed by atoms with Crippen molar-refractivity contribution in [2.24, 2.45) is 5.11 Å². The summed E-state index contributed by atoms with van der Waals surface area (Å²) >= 11 is 1.96. The number of aryl methyl sites for hydroxylation is 1. The number of rotatable bonds is 4. The third-order valence-electron chi connectivity index (χ3n) is 2.93. The third-order valence-corrected chi connectivity index (χ3v) is 3.92. The number of azide groups is 1. The first kappa shape index (κ1) is 12.3. The van der Waals surface area contributed by atoms with Gasteiger partial charge in [0.1, 0.15) is 0 Å². The number of aromatic nitrogens is 2. The highest BCUT2D eigenvalue weighted by Gasteiger charge is 2.21. The van der Waals surface area contributed by atoms with Gasteiger partial charge in [0.15, 0.2) is 0 Å². The van der Waals surface area contributed by atoms with Gasteiger partial charge in [-0.1, -0.05) is 5.11 Å². The van der Waals surface area contributed by atoms with Crippen molar-refractivity contribution in [3.63, 3.8) is 0 Å². The van der Waals surface area contributed by atoms with Gasteiger partial charge < -0.3 is 0 Å². The Balaban J connectivity index is 2.31. The van der Waals surface area contributed by atoms with Crippen LogP contribution in [0.15, 0.2) is 5.11 Å². The summed E-state index contributed by atoms with van der Waals surface area (Å²) in [4.78, 5) is 2.81. The van der Waals surface area contributed by atoms with Crippen molar-refractivity contribution < 1.29 is 0 Å². The molecule has 0 saturated carbocycles. The van der Waals surface area contributed by atoms with E-state index in [9.17, 15) is 0 Å². The minimum Gasteiger partial charge on any atom is -0.267 e. The molecule has 0 saturated heterocycles. The maximum atomic E-state index is 8.34. The minimum atomic E-state index is 0.367. The van der Waals surface area contributed by atoms with Gasteiger partial charge in [0.2, 0.25) is 0 Å². The summed E-state index contributed by atoms with van der Waals surface area (Å²) in [6.45, 7) is 4.80. The van der Waals surface area contributed by atoms with E-state index in [2.05, 4.69) is 28.6 Å². The number of thioether (sulfide) groups is 1. The topological polar surface area (TPSA) is 66.6 Å². The summed E-state index contributed by atoms with van der Waals surface area (Å²) in [7, 11) is 0. The Morgan fingerprint density at radius 1 is 1.59 bits per heavy atom. The van der Waals surface area contributed by atoms with Gasteiger partial charge in [-0.05, 0) is 31.6 Å². The predicted octanol–water partition coefficient (Wildman–Crippen LogP) is 3.11. The highest BCUT2D eigenvalue weighted by Crippen LogP contribution is 2.29. The number of nitrogens with zero attached hydrogens (tertiary/aromatic N) is 5. The van der Waals surface area contributed by atoms with Crippen LogP contribution in [0.4, 0.5) is 0 Å². The Hall–Kier alpha value is -1.13. The molecule has 0 fully saturated rings. The van der Waals surface area contributed by atoms with E-state index in [1.165, 1.54) is 17.0 Å². The van der Waals surface area contributed by atoms with Crippen molar-refractivity contribution in [2.45, 2.75) is 38.5 Å². The van der Waals surface area contributed by atoms with E-state index in [1.54, 1.807) is 0 Å². The monoisotopic (exact) mass is 251 g/mol. The molecule has 0 aliphatic carbocycles. The van der Waals surface area contributed by atoms with Crippen molar-refractivity contribution >= 4 is 11.8 Å². The number of fused-ring (bicyclic) bond motifs is 1. The molecule has 1 aromatic rings. The van der Waals surface area contributed by atoms with E-state index in [0.29, 0.717) is 12.6 Å². The van der Waals surface area contributed by atoms with Crippen LogP contribution in [0.2, 0.25) is 0 Å². The first-order chi connectivity index (χ1) is 8.24. The van der Waals surface area contributed by atoms with Crippen LogP contribution < -0.4 is 0 Å². The van der Waals surface area contributed by atoms with E-state index < -0.39 is 0 Å². The second-order valence-corrected chi connectivity index (χ2v) is 5.52. The van der Waals surface area contributed by atoms with Gasteiger partial charge in [0, 0.05) is 40.9 Å². The lowest BCUT2D eigenvalue weighted by atomic mass is 10.1. The Morgan fingerprint density at radius 3 is 3.12 bits per heavy atom. The van der Waals surface area contributed by atoms with Crippen LogP contribution >= 0.6 is 11.8 Å². The van der Waals surface area contributed by atoms with Gasteiger partial charge >= 0.3 is 0 Å². The minimum absolute atomic E-state index is 0.367. The van der Waals surface area contributed by atoms with Gasteiger partial charge in [0.05, 0.1) is 5.69 Å². The van der Waals surface area contributed by atoms with Crippen molar-refractivity contribution in [3.05, 3.63) is 27.4 Å². The standard InChI is InChI=1S/C11H17N5S/c1-8(2)16-11(3-5-13-15-12)9-7-17-6-4-10(9)14-16/h8H,3-7H2,1-2H3. The molecule has 2 heterocycles. The molecule has 2 rings (SSSR count). The quantitative estimate of drug-likeness (QED) is 0.469. The van der Waals surface area contributed by atoms with Crippen molar-refractivity contribution in [2.75, 3.05) is 12.3 Å². The summed E-state index contributed by atoms with van der Waals surface area (Å²) in [6.07, 6.45) is 1.86. The summed E-state index contributed by atoms with van der Waals surface area (Å²) < 4.78 is 2.10. The normalized spacial score (nSPS) is 14.5. The molecule has 0 spiro atoms. The molecule has 1 aliphatic heterocycles. The number of hydrogen-bond acceptors (Lipinski definition) is 3. The first-order valence-electron chi connectivity index (χ1n) is 5.91. The lowest BCUT2D eigenvalue weighted by Crippen LogP contribution is -2.09. The van der Waals surface area contributed by atoms with Crippen molar-refractivity contribution in [3.8, 4) is 0 Å². The van der Waals surface area contributed by atoms with E-state index in [-0.39, 0.29) is 0 Å². The SMILES string of the molecule is CC(C)n1nc2c(c1CCN=[N+]=[N-])CSCC2. The molecule has 17 heavy (non-hydrogen) atoms. The fourth-order valence-corrected chi connectivity index (χ4v) is 3.18. The molecule has 5 nitrogen and oxygen atoms in total. The lowest BCUT2D eigenvalue weighted by molar-refractivity contribution is 0.504. The van der Waals surface area contributed by atoms with E-state index in [1.807, 2.05) is 11.8 Å². The van der Waals surface area contributed by atoms with Crippen LogP contribution in [0.25, 0.3) is 10.4 Å². The summed E-state index contributed by atoms with van der Waals surface area (Å²) in [5.74, 6) is 2.21. The van der Waals surface area contributed by atoms with Crippen LogP contribution in [0.1, 0.15) is 36.8 Å². The molecule has 1 aliphatic rings. The summed E-state index contributed by atoms with van der Waals surface area (Å²) in [5.41, 5.74) is 12.2. The average Bonchev–Trinajstić information content (AvgIpc) is 2.69. The van der Waals surface area contributed by atoms with E-state index in [0.717, 1.165) is 24.3 Å². The lowest BCUT2D eigenvalue weighted by Gasteiger charge is -2.12. The molecule has 0 unspecified atom stereocenters. The van der Waals surface area contributed by atoms with E-state index >= 15 is 0 Å². The van der Waals surface area contributed by atoms with Crippen molar-refractivity contribution in [1.29, 1.82) is 0 Å². The highest BCUT2D eigenvalue weighted by molar-refractivity contribution is 7.98.